The summed E-state index contributed by atoms with van der Waals surface area (Å²) in [6.45, 7) is 13.5. The highest BCUT2D eigenvalue weighted by atomic mass is 32.2. The van der Waals surface area contributed by atoms with Crippen molar-refractivity contribution >= 4 is 31.6 Å². The van der Waals surface area contributed by atoms with Crippen molar-refractivity contribution in [3.63, 3.8) is 0 Å². The van der Waals surface area contributed by atoms with Gasteiger partial charge in [0.25, 0.3) is 0 Å². The molecule has 0 aromatic rings. The van der Waals surface area contributed by atoms with Crippen molar-refractivity contribution in [1.29, 1.82) is 0 Å². The third kappa shape index (κ3) is 3.45. The van der Waals surface area contributed by atoms with E-state index in [4.69, 9.17) is 4.74 Å². The zero-order chi connectivity index (χ0) is 14.1. The summed E-state index contributed by atoms with van der Waals surface area (Å²) in [4.78, 5) is 0. The minimum atomic E-state index is -1.37. The van der Waals surface area contributed by atoms with Gasteiger partial charge in [-0.1, -0.05) is 46.0 Å². The first-order valence-electron chi connectivity index (χ1n) is 7.35. The smallest absolute Gasteiger partial charge is 0.0991 e. The van der Waals surface area contributed by atoms with Crippen LogP contribution in [0, 0.1) is 0 Å². The number of ether oxygens (including phenoxy) is 1. The Morgan fingerprint density at radius 1 is 1.26 bits per heavy atom. The Hall–Kier alpha value is 0.617. The van der Waals surface area contributed by atoms with Gasteiger partial charge in [0.15, 0.2) is 0 Å². The molecule has 0 amide bonds. The van der Waals surface area contributed by atoms with Crippen LogP contribution in [0.5, 0.6) is 0 Å². The molecular weight excluding hydrogens is 288 g/mol. The highest BCUT2D eigenvalue weighted by Gasteiger charge is 2.53. The summed E-state index contributed by atoms with van der Waals surface area (Å²) in [5.41, 5.74) is 0. The van der Waals surface area contributed by atoms with E-state index in [0.29, 0.717) is 14.8 Å². The molecule has 2 aliphatic heterocycles. The molecule has 0 aromatic heterocycles. The van der Waals surface area contributed by atoms with Crippen LogP contribution in [0.4, 0.5) is 0 Å². The van der Waals surface area contributed by atoms with Crippen molar-refractivity contribution in [2.45, 2.75) is 61.6 Å². The van der Waals surface area contributed by atoms with E-state index >= 15 is 0 Å². The van der Waals surface area contributed by atoms with Gasteiger partial charge in [-0.2, -0.15) is 0 Å². The lowest BCUT2D eigenvalue weighted by Crippen LogP contribution is -2.56. The Bertz CT molecular complexity index is 337. The zero-order valence-electron chi connectivity index (χ0n) is 13.0. The highest BCUT2D eigenvalue weighted by Crippen LogP contribution is 2.58. The molecule has 0 aromatic carbocycles. The van der Waals surface area contributed by atoms with Crippen LogP contribution in [-0.4, -0.2) is 36.0 Å². The summed E-state index contributed by atoms with van der Waals surface area (Å²) >= 11 is 4.50. The average molecular weight is 317 g/mol. The number of epoxide rings is 1. The predicted molar refractivity (Wildman–Crippen MR) is 93.0 cm³/mol. The second-order valence-corrected chi connectivity index (χ2v) is 16.6. The SMILES string of the molecule is CC(C)(C)[Si](C)(C)C1(C/C=C/[C@H]2CO2)SCCCS1. The van der Waals surface area contributed by atoms with Crippen LogP contribution in [-0.2, 0) is 4.74 Å². The summed E-state index contributed by atoms with van der Waals surface area (Å²) in [5, 5.41) is 0.453. The maximum atomic E-state index is 5.29. The predicted octanol–water partition coefficient (Wildman–Crippen LogP) is 4.95. The van der Waals surface area contributed by atoms with Crippen LogP contribution < -0.4 is 0 Å². The summed E-state index contributed by atoms with van der Waals surface area (Å²) in [6, 6.07) is 0. The normalized spacial score (nSPS) is 27.7. The number of rotatable bonds is 4. The molecular formula is C15H28OS2Si. The number of hydrogen-bond acceptors (Lipinski definition) is 3. The third-order valence-electron chi connectivity index (χ3n) is 4.88. The van der Waals surface area contributed by atoms with Gasteiger partial charge in [-0.15, -0.1) is 23.5 Å². The van der Waals surface area contributed by atoms with Crippen molar-refractivity contribution in [3.05, 3.63) is 12.2 Å². The highest BCUT2D eigenvalue weighted by molar-refractivity contribution is 8.21. The average Bonchev–Trinajstić information content (AvgIpc) is 3.13. The van der Waals surface area contributed by atoms with Gasteiger partial charge in [-0.05, 0) is 29.4 Å². The Labute approximate surface area is 128 Å². The summed E-state index contributed by atoms with van der Waals surface area (Å²) in [6.07, 6.45) is 7.71. The van der Waals surface area contributed by atoms with E-state index < -0.39 is 8.07 Å². The van der Waals surface area contributed by atoms with E-state index in [9.17, 15) is 0 Å². The molecule has 2 saturated heterocycles. The van der Waals surface area contributed by atoms with Crippen molar-refractivity contribution in [2.24, 2.45) is 0 Å². The number of thioether (sulfide) groups is 2. The molecule has 0 bridgehead atoms. The molecule has 1 nitrogen and oxygen atoms in total. The van der Waals surface area contributed by atoms with E-state index in [1.54, 1.807) is 0 Å². The van der Waals surface area contributed by atoms with Crippen molar-refractivity contribution in [2.75, 3.05) is 18.1 Å². The van der Waals surface area contributed by atoms with Crippen LogP contribution >= 0.6 is 23.5 Å². The van der Waals surface area contributed by atoms with Crippen molar-refractivity contribution in [1.82, 2.24) is 0 Å². The van der Waals surface area contributed by atoms with Crippen molar-refractivity contribution in [3.8, 4) is 0 Å². The molecule has 2 heterocycles. The van der Waals surface area contributed by atoms with Crippen molar-refractivity contribution < 1.29 is 4.74 Å². The maximum absolute atomic E-state index is 5.29. The van der Waals surface area contributed by atoms with Gasteiger partial charge in [0.1, 0.15) is 0 Å². The van der Waals surface area contributed by atoms with Gasteiger partial charge in [-0.25, -0.2) is 0 Å². The Morgan fingerprint density at radius 2 is 1.84 bits per heavy atom. The second kappa shape index (κ2) is 5.78. The molecule has 2 fully saturated rings. The molecule has 19 heavy (non-hydrogen) atoms. The maximum Gasteiger partial charge on any atom is 0.0991 e. The van der Waals surface area contributed by atoms with E-state index in [1.165, 1.54) is 24.3 Å². The lowest BCUT2D eigenvalue weighted by atomic mass is 10.2. The lowest BCUT2D eigenvalue weighted by Gasteiger charge is -2.53. The first kappa shape index (κ1) is 16.0. The first-order chi connectivity index (χ1) is 8.79. The number of hydrogen-bond donors (Lipinski definition) is 0. The Kier molecular flexibility index (Phi) is 4.87. The molecule has 0 unspecified atom stereocenters. The van der Waals surface area contributed by atoms with E-state index in [0.717, 1.165) is 6.61 Å². The van der Waals surface area contributed by atoms with Crippen LogP contribution in [0.2, 0.25) is 18.1 Å². The summed E-state index contributed by atoms with van der Waals surface area (Å²) in [5.74, 6) is 2.68. The molecule has 2 rings (SSSR count). The summed E-state index contributed by atoms with van der Waals surface area (Å²) in [7, 11) is -1.37. The molecule has 0 aliphatic carbocycles. The van der Waals surface area contributed by atoms with Gasteiger partial charge in [0.05, 0.1) is 24.5 Å². The lowest BCUT2D eigenvalue weighted by molar-refractivity contribution is 0.439. The van der Waals surface area contributed by atoms with E-state index in [-0.39, 0.29) is 0 Å². The molecule has 0 saturated carbocycles. The monoisotopic (exact) mass is 316 g/mol. The molecule has 0 spiro atoms. The first-order valence-corrected chi connectivity index (χ1v) is 12.3. The molecule has 0 N–H and O–H groups in total. The largest absolute Gasteiger partial charge is 0.369 e. The molecule has 110 valence electrons. The second-order valence-electron chi connectivity index (χ2n) is 7.18. The van der Waals surface area contributed by atoms with E-state index in [2.05, 4.69) is 69.5 Å². The van der Waals surface area contributed by atoms with Crippen LogP contribution in [0.15, 0.2) is 12.2 Å². The van der Waals surface area contributed by atoms with Crippen LogP contribution in [0.1, 0.15) is 33.6 Å². The van der Waals surface area contributed by atoms with E-state index in [1.807, 2.05) is 0 Å². The molecule has 0 radical (unpaired) electrons. The van der Waals surface area contributed by atoms with Crippen LogP contribution in [0.3, 0.4) is 0 Å². The zero-order valence-corrected chi connectivity index (χ0v) is 15.6. The summed E-state index contributed by atoms with van der Waals surface area (Å²) < 4.78 is 5.75. The standard InChI is InChI=1S/C15H28OS2Si/c1-14(2,3)19(4,5)15(17-10-7-11-18-15)9-6-8-13-12-16-13/h6,8,13H,7,9-12H2,1-5H3/b8-6+/t13-/m0/s1. The fraction of sp³-hybridized carbons (Fsp3) is 0.867. The van der Waals surface area contributed by atoms with Crippen LogP contribution in [0.25, 0.3) is 0 Å². The van der Waals surface area contributed by atoms with Gasteiger partial charge in [0, 0.05) is 0 Å². The molecule has 4 heteroatoms. The van der Waals surface area contributed by atoms with Gasteiger partial charge in [-0.3, -0.25) is 0 Å². The number of allylic oxidation sites excluding steroid dienone is 1. The minimum absolute atomic E-state index is 0.426. The van der Waals surface area contributed by atoms with Gasteiger partial charge >= 0.3 is 0 Å². The van der Waals surface area contributed by atoms with Gasteiger partial charge in [0.2, 0.25) is 0 Å². The Balaban J connectivity index is 2.17. The topological polar surface area (TPSA) is 12.5 Å². The van der Waals surface area contributed by atoms with Gasteiger partial charge < -0.3 is 4.74 Å². The molecule has 2 aliphatic rings. The third-order valence-corrected chi connectivity index (χ3v) is 17.6. The Morgan fingerprint density at radius 3 is 2.32 bits per heavy atom. The minimum Gasteiger partial charge on any atom is -0.369 e. The molecule has 1 atom stereocenters. The fourth-order valence-electron chi connectivity index (χ4n) is 2.42. The fourth-order valence-corrected chi connectivity index (χ4v) is 12.2. The quantitative estimate of drug-likeness (QED) is 0.414.